The van der Waals surface area contributed by atoms with Gasteiger partial charge in [0.15, 0.2) is 0 Å². The lowest BCUT2D eigenvalue weighted by Crippen LogP contribution is -2.27. The van der Waals surface area contributed by atoms with Crippen molar-refractivity contribution in [3.05, 3.63) is 82.9 Å². The molecule has 0 unspecified atom stereocenters. The zero-order chi connectivity index (χ0) is 23.1. The van der Waals surface area contributed by atoms with E-state index in [-0.39, 0.29) is 5.41 Å². The van der Waals surface area contributed by atoms with Crippen LogP contribution in [0.4, 0.5) is 13.2 Å². The number of aryl methyl sites for hydroxylation is 1. The molecule has 3 aromatic rings. The molecule has 2 fully saturated rings. The Bertz CT molecular complexity index is 1090. The molecule has 2 atom stereocenters. The van der Waals surface area contributed by atoms with Crippen LogP contribution in [0, 0.1) is 5.92 Å². The van der Waals surface area contributed by atoms with Crippen molar-refractivity contribution in [2.24, 2.45) is 13.0 Å². The number of alkyl halides is 3. The molecule has 0 spiro atoms. The molecular formula is C26H29F3N4. The zero-order valence-corrected chi connectivity index (χ0v) is 18.9. The van der Waals surface area contributed by atoms with Crippen LogP contribution in [0.5, 0.6) is 0 Å². The summed E-state index contributed by atoms with van der Waals surface area (Å²) in [5.41, 5.74) is 1.80. The van der Waals surface area contributed by atoms with E-state index >= 15 is 0 Å². The summed E-state index contributed by atoms with van der Waals surface area (Å²) in [5.74, 6) is 2.58. The van der Waals surface area contributed by atoms with Crippen LogP contribution in [-0.2, 0) is 31.5 Å². The van der Waals surface area contributed by atoms with Crippen molar-refractivity contribution in [1.29, 1.82) is 0 Å². The van der Waals surface area contributed by atoms with Crippen molar-refractivity contribution in [3.8, 4) is 0 Å². The highest BCUT2D eigenvalue weighted by Crippen LogP contribution is 2.59. The van der Waals surface area contributed by atoms with Gasteiger partial charge in [-0.05, 0) is 55.0 Å². The van der Waals surface area contributed by atoms with Crippen molar-refractivity contribution >= 4 is 0 Å². The molecule has 1 aliphatic carbocycles. The number of aromatic nitrogens is 3. The van der Waals surface area contributed by atoms with E-state index in [4.69, 9.17) is 0 Å². The minimum Gasteiger partial charge on any atom is -0.318 e. The van der Waals surface area contributed by atoms with Crippen molar-refractivity contribution in [2.45, 2.75) is 43.7 Å². The van der Waals surface area contributed by atoms with Crippen LogP contribution < -0.4 is 0 Å². The molecule has 0 bridgehead atoms. The quantitative estimate of drug-likeness (QED) is 0.448. The molecule has 2 heterocycles. The van der Waals surface area contributed by atoms with Crippen LogP contribution in [0.3, 0.4) is 0 Å². The average Bonchev–Trinajstić information content (AvgIpc) is 3.21. The lowest BCUT2D eigenvalue weighted by Gasteiger charge is -2.21. The highest BCUT2D eigenvalue weighted by Gasteiger charge is 2.60. The second-order valence-corrected chi connectivity index (χ2v) is 9.58. The Kier molecular flexibility index (Phi) is 5.77. The van der Waals surface area contributed by atoms with Gasteiger partial charge in [0, 0.05) is 38.4 Å². The van der Waals surface area contributed by atoms with Gasteiger partial charge in [0.2, 0.25) is 0 Å². The number of hydrogen-bond donors (Lipinski definition) is 0. The number of rotatable bonds is 8. The van der Waals surface area contributed by atoms with Gasteiger partial charge in [-0.15, -0.1) is 10.2 Å². The second-order valence-electron chi connectivity index (χ2n) is 9.58. The molecule has 174 valence electrons. The summed E-state index contributed by atoms with van der Waals surface area (Å²) in [7, 11) is 2.04. The van der Waals surface area contributed by atoms with Crippen LogP contribution >= 0.6 is 0 Å². The van der Waals surface area contributed by atoms with Crippen LogP contribution in [0.1, 0.15) is 47.6 Å². The van der Waals surface area contributed by atoms with Gasteiger partial charge >= 0.3 is 6.18 Å². The van der Waals surface area contributed by atoms with Crippen LogP contribution in [-0.4, -0.2) is 39.3 Å². The maximum Gasteiger partial charge on any atom is 0.416 e. The van der Waals surface area contributed by atoms with Crippen LogP contribution in [0.15, 0.2) is 54.6 Å². The molecule has 1 saturated heterocycles. The number of fused-ring (bicyclic) bond motifs is 1. The largest absolute Gasteiger partial charge is 0.416 e. The average molecular weight is 455 g/mol. The fraction of sp³-hybridized carbons (Fsp3) is 0.462. The summed E-state index contributed by atoms with van der Waals surface area (Å²) in [6.45, 7) is 3.02. The predicted octanol–water partition coefficient (Wildman–Crippen LogP) is 5.02. The Labute approximate surface area is 192 Å². The number of piperidine rings is 1. The predicted molar refractivity (Wildman–Crippen MR) is 121 cm³/mol. The van der Waals surface area contributed by atoms with E-state index in [0.29, 0.717) is 5.92 Å². The van der Waals surface area contributed by atoms with Gasteiger partial charge in [0.05, 0.1) is 5.56 Å². The third kappa shape index (κ3) is 4.56. The van der Waals surface area contributed by atoms with Crippen molar-refractivity contribution < 1.29 is 13.2 Å². The molecule has 0 N–H and O–H groups in total. The molecule has 1 aliphatic heterocycles. The molecule has 1 aromatic heterocycles. The maximum absolute atomic E-state index is 12.9. The lowest BCUT2D eigenvalue weighted by molar-refractivity contribution is -0.137. The number of benzene rings is 2. The van der Waals surface area contributed by atoms with Crippen LogP contribution in [0.25, 0.3) is 0 Å². The Balaban J connectivity index is 1.09. The number of likely N-dealkylation sites (tertiary alicyclic amines) is 1. The molecule has 4 nitrogen and oxygen atoms in total. The lowest BCUT2D eigenvalue weighted by atomic mass is 9.94. The van der Waals surface area contributed by atoms with Gasteiger partial charge < -0.3 is 9.47 Å². The summed E-state index contributed by atoms with van der Waals surface area (Å²) in [5, 5.41) is 8.77. The third-order valence-electron chi connectivity index (χ3n) is 7.39. The van der Waals surface area contributed by atoms with Gasteiger partial charge in [0.25, 0.3) is 0 Å². The van der Waals surface area contributed by atoms with Crippen molar-refractivity contribution in [2.75, 3.05) is 19.6 Å². The molecule has 0 radical (unpaired) electrons. The van der Waals surface area contributed by atoms with E-state index in [0.717, 1.165) is 69.0 Å². The Hall–Kier alpha value is -2.67. The highest BCUT2D eigenvalue weighted by atomic mass is 19.4. The van der Waals surface area contributed by atoms with Crippen molar-refractivity contribution in [1.82, 2.24) is 19.7 Å². The molecule has 0 amide bonds. The van der Waals surface area contributed by atoms with Gasteiger partial charge in [-0.1, -0.05) is 42.5 Å². The van der Waals surface area contributed by atoms with E-state index in [9.17, 15) is 13.2 Å². The van der Waals surface area contributed by atoms with E-state index in [1.807, 2.05) is 25.2 Å². The van der Waals surface area contributed by atoms with E-state index in [1.54, 1.807) is 12.1 Å². The standard InChI is InChI=1S/C26H29F3N4/c1-32-23(30-31-24(32)15-19-7-3-2-4-8-19)9-5-6-14-33-17-22-16-25(22,18-33)20-10-12-21(13-11-20)26(27,28)29/h2-4,7-8,10-13,22H,5-6,9,14-18H2,1H3/t22-,25+/m0/s1. The SMILES string of the molecule is Cn1c(CCCCN2C[C@@H]3C[C@]3(c3ccc(C(F)(F)F)cc3)C2)nnc1Cc1ccccc1. The number of nitrogens with zero attached hydrogens (tertiary/aromatic N) is 4. The molecule has 2 aromatic carbocycles. The first-order valence-electron chi connectivity index (χ1n) is 11.7. The normalized spacial score (nSPS) is 22.5. The summed E-state index contributed by atoms with van der Waals surface area (Å²) in [4.78, 5) is 2.48. The van der Waals surface area contributed by atoms with Crippen LogP contribution in [0.2, 0.25) is 0 Å². The summed E-state index contributed by atoms with van der Waals surface area (Å²) in [6.07, 6.45) is 0.636. The maximum atomic E-state index is 12.9. The molecule has 5 rings (SSSR count). The Morgan fingerprint density at radius 1 is 0.970 bits per heavy atom. The topological polar surface area (TPSA) is 34.0 Å². The molecule has 1 saturated carbocycles. The van der Waals surface area contributed by atoms with Gasteiger partial charge in [-0.2, -0.15) is 13.2 Å². The number of halogens is 3. The van der Waals surface area contributed by atoms with E-state index in [2.05, 4.69) is 31.8 Å². The Morgan fingerprint density at radius 3 is 2.42 bits per heavy atom. The first-order chi connectivity index (χ1) is 15.8. The van der Waals surface area contributed by atoms with Gasteiger partial charge in [-0.25, -0.2) is 0 Å². The monoisotopic (exact) mass is 454 g/mol. The van der Waals surface area contributed by atoms with Gasteiger partial charge in [-0.3, -0.25) is 0 Å². The minimum atomic E-state index is -4.27. The number of unbranched alkanes of at least 4 members (excludes halogenated alkanes) is 1. The summed E-state index contributed by atoms with van der Waals surface area (Å²) in [6, 6.07) is 16.1. The van der Waals surface area contributed by atoms with E-state index in [1.165, 1.54) is 17.7 Å². The summed E-state index contributed by atoms with van der Waals surface area (Å²) < 4.78 is 40.7. The fourth-order valence-electron chi connectivity index (χ4n) is 5.36. The zero-order valence-electron chi connectivity index (χ0n) is 18.9. The highest BCUT2D eigenvalue weighted by molar-refractivity contribution is 5.39. The molecular weight excluding hydrogens is 425 g/mol. The molecule has 2 aliphatic rings. The number of hydrogen-bond acceptors (Lipinski definition) is 3. The van der Waals surface area contributed by atoms with Gasteiger partial charge in [0.1, 0.15) is 11.6 Å². The third-order valence-corrected chi connectivity index (χ3v) is 7.39. The first kappa shape index (κ1) is 22.1. The first-order valence-corrected chi connectivity index (χ1v) is 11.7. The fourth-order valence-corrected chi connectivity index (χ4v) is 5.36. The smallest absolute Gasteiger partial charge is 0.318 e. The second kappa shape index (κ2) is 8.60. The Morgan fingerprint density at radius 2 is 1.70 bits per heavy atom. The van der Waals surface area contributed by atoms with Crippen molar-refractivity contribution in [3.63, 3.8) is 0 Å². The van der Waals surface area contributed by atoms with E-state index < -0.39 is 11.7 Å². The summed E-state index contributed by atoms with van der Waals surface area (Å²) >= 11 is 0. The molecule has 7 heteroatoms. The minimum absolute atomic E-state index is 0.0695. The molecule has 33 heavy (non-hydrogen) atoms.